The van der Waals surface area contributed by atoms with Gasteiger partial charge in [0, 0.05) is 5.69 Å². The van der Waals surface area contributed by atoms with Crippen LogP contribution in [0.3, 0.4) is 0 Å². The first kappa shape index (κ1) is 16.1. The Hall–Kier alpha value is -1.75. The maximum Gasteiger partial charge on any atom is 0.319 e. The van der Waals surface area contributed by atoms with Gasteiger partial charge in [0.05, 0.1) is 16.6 Å². The molecule has 2 aromatic carbocycles. The van der Waals surface area contributed by atoms with E-state index >= 15 is 0 Å². The van der Waals surface area contributed by atoms with Crippen LogP contribution in [-0.4, -0.2) is 17.7 Å². The quantitative estimate of drug-likeness (QED) is 0.784. The molecule has 1 unspecified atom stereocenters. The molecule has 1 aliphatic carbocycles. The minimum absolute atomic E-state index is 0.150. The molecule has 0 radical (unpaired) electrons. The summed E-state index contributed by atoms with van der Waals surface area (Å²) in [6, 6.07) is 12.2. The summed E-state index contributed by atoms with van der Waals surface area (Å²) in [6.07, 6.45) is 1.40. The van der Waals surface area contributed by atoms with E-state index in [4.69, 9.17) is 23.2 Å². The number of carbonyl (C=O) groups is 1. The standard InChI is InChI=1S/C17H16Cl2N2O2/c18-14-6-5-12(9-15(14)19)21-16(22)20-10-17(23)8-7-11-3-1-2-4-13(11)17/h1-6,9,23H,7-8,10H2,(H2,20,21,22). The van der Waals surface area contributed by atoms with Gasteiger partial charge in [-0.05, 0) is 42.2 Å². The highest BCUT2D eigenvalue weighted by Gasteiger charge is 2.36. The predicted octanol–water partition coefficient (Wildman–Crippen LogP) is 3.95. The number of hydrogen-bond acceptors (Lipinski definition) is 2. The number of fused-ring (bicyclic) bond motifs is 1. The lowest BCUT2D eigenvalue weighted by atomic mass is 9.96. The van der Waals surface area contributed by atoms with Crippen molar-refractivity contribution >= 4 is 34.9 Å². The molecule has 0 fully saturated rings. The Bertz CT molecular complexity index is 751. The summed E-state index contributed by atoms with van der Waals surface area (Å²) in [6.45, 7) is 0.150. The fourth-order valence-corrected chi connectivity index (χ4v) is 3.13. The summed E-state index contributed by atoms with van der Waals surface area (Å²) in [7, 11) is 0. The molecule has 23 heavy (non-hydrogen) atoms. The van der Waals surface area contributed by atoms with Crippen LogP contribution in [-0.2, 0) is 12.0 Å². The Morgan fingerprint density at radius 2 is 1.96 bits per heavy atom. The molecule has 1 atom stereocenters. The third kappa shape index (κ3) is 3.44. The van der Waals surface area contributed by atoms with Crippen LogP contribution >= 0.6 is 23.2 Å². The zero-order chi connectivity index (χ0) is 16.4. The molecule has 1 aliphatic rings. The summed E-state index contributed by atoms with van der Waals surface area (Å²) < 4.78 is 0. The normalized spacial score (nSPS) is 19.3. The lowest BCUT2D eigenvalue weighted by Crippen LogP contribution is -2.41. The topological polar surface area (TPSA) is 61.4 Å². The number of hydrogen-bond donors (Lipinski definition) is 3. The Kier molecular flexibility index (Phi) is 4.48. The summed E-state index contributed by atoms with van der Waals surface area (Å²) in [5.74, 6) is 0. The average molecular weight is 351 g/mol. The molecule has 120 valence electrons. The van der Waals surface area contributed by atoms with Crippen molar-refractivity contribution in [1.29, 1.82) is 0 Å². The fourth-order valence-electron chi connectivity index (χ4n) is 2.83. The van der Waals surface area contributed by atoms with Crippen LogP contribution in [0.2, 0.25) is 10.0 Å². The lowest BCUT2D eigenvalue weighted by molar-refractivity contribution is 0.0417. The number of carbonyl (C=O) groups excluding carboxylic acids is 1. The molecule has 0 bridgehead atoms. The molecule has 2 aromatic rings. The summed E-state index contributed by atoms with van der Waals surface area (Å²) >= 11 is 11.7. The second kappa shape index (κ2) is 6.40. The Balaban J connectivity index is 1.62. The molecule has 3 N–H and O–H groups in total. The molecule has 0 aliphatic heterocycles. The van der Waals surface area contributed by atoms with Gasteiger partial charge in [0.25, 0.3) is 0 Å². The molecular formula is C17H16Cl2N2O2. The van der Waals surface area contributed by atoms with Gasteiger partial charge in [-0.15, -0.1) is 0 Å². The first-order chi connectivity index (χ1) is 11.0. The molecule has 0 saturated heterocycles. The van der Waals surface area contributed by atoms with Crippen molar-refractivity contribution in [3.63, 3.8) is 0 Å². The SMILES string of the molecule is O=C(NCC1(O)CCc2ccccc21)Nc1ccc(Cl)c(Cl)c1. The number of aliphatic hydroxyl groups is 1. The maximum absolute atomic E-state index is 12.0. The Morgan fingerprint density at radius 1 is 1.17 bits per heavy atom. The maximum atomic E-state index is 12.0. The van der Waals surface area contributed by atoms with Gasteiger partial charge in [-0.1, -0.05) is 47.5 Å². The van der Waals surface area contributed by atoms with E-state index in [-0.39, 0.29) is 6.54 Å². The van der Waals surface area contributed by atoms with Crippen LogP contribution in [0, 0.1) is 0 Å². The summed E-state index contributed by atoms with van der Waals surface area (Å²) in [5.41, 5.74) is 1.53. The van der Waals surface area contributed by atoms with Crippen molar-refractivity contribution in [3.8, 4) is 0 Å². The Labute approximate surface area is 144 Å². The van der Waals surface area contributed by atoms with Gasteiger partial charge in [0.1, 0.15) is 5.60 Å². The number of rotatable bonds is 3. The van der Waals surface area contributed by atoms with Crippen molar-refractivity contribution in [2.45, 2.75) is 18.4 Å². The van der Waals surface area contributed by atoms with Crippen molar-refractivity contribution in [3.05, 3.63) is 63.6 Å². The smallest absolute Gasteiger partial charge is 0.319 e. The van der Waals surface area contributed by atoms with Gasteiger partial charge in [-0.2, -0.15) is 0 Å². The van der Waals surface area contributed by atoms with Crippen molar-refractivity contribution in [1.82, 2.24) is 5.32 Å². The molecule has 0 aromatic heterocycles. The van der Waals surface area contributed by atoms with Crippen molar-refractivity contribution < 1.29 is 9.90 Å². The minimum atomic E-state index is -1.02. The molecule has 4 nitrogen and oxygen atoms in total. The highest BCUT2D eigenvalue weighted by atomic mass is 35.5. The average Bonchev–Trinajstić information content (AvgIpc) is 2.88. The molecular weight excluding hydrogens is 335 g/mol. The van der Waals surface area contributed by atoms with Crippen LogP contribution < -0.4 is 10.6 Å². The van der Waals surface area contributed by atoms with Crippen molar-refractivity contribution in [2.24, 2.45) is 0 Å². The van der Waals surface area contributed by atoms with E-state index in [0.29, 0.717) is 22.2 Å². The lowest BCUT2D eigenvalue weighted by Gasteiger charge is -2.24. The van der Waals surface area contributed by atoms with Crippen molar-refractivity contribution in [2.75, 3.05) is 11.9 Å². The second-order valence-electron chi connectivity index (χ2n) is 5.63. The summed E-state index contributed by atoms with van der Waals surface area (Å²) in [5, 5.41) is 16.9. The van der Waals surface area contributed by atoms with Gasteiger partial charge in [0.15, 0.2) is 0 Å². The number of aryl methyl sites for hydroxylation is 1. The second-order valence-corrected chi connectivity index (χ2v) is 6.44. The number of urea groups is 1. The Morgan fingerprint density at radius 3 is 2.74 bits per heavy atom. The van der Waals surface area contributed by atoms with Gasteiger partial charge in [0.2, 0.25) is 0 Å². The van der Waals surface area contributed by atoms with E-state index in [9.17, 15) is 9.90 Å². The molecule has 6 heteroatoms. The number of halogens is 2. The van der Waals surface area contributed by atoms with Crippen LogP contribution in [0.5, 0.6) is 0 Å². The number of anilines is 1. The van der Waals surface area contributed by atoms with Gasteiger partial charge in [-0.25, -0.2) is 4.79 Å². The molecule has 3 rings (SSSR count). The first-order valence-corrected chi connectivity index (χ1v) is 8.04. The third-order valence-corrected chi connectivity index (χ3v) is 4.78. The highest BCUT2D eigenvalue weighted by Crippen LogP contribution is 2.36. The van der Waals surface area contributed by atoms with Gasteiger partial charge >= 0.3 is 6.03 Å². The highest BCUT2D eigenvalue weighted by molar-refractivity contribution is 6.42. The van der Waals surface area contributed by atoms with E-state index in [0.717, 1.165) is 17.5 Å². The molecule has 2 amide bonds. The number of benzene rings is 2. The van der Waals surface area contributed by atoms with E-state index in [1.54, 1.807) is 18.2 Å². The van der Waals surface area contributed by atoms with Gasteiger partial charge < -0.3 is 15.7 Å². The number of nitrogens with one attached hydrogen (secondary N) is 2. The molecule has 0 saturated carbocycles. The van der Waals surface area contributed by atoms with Crippen LogP contribution in [0.25, 0.3) is 0 Å². The largest absolute Gasteiger partial charge is 0.383 e. The van der Waals surface area contributed by atoms with Crippen LogP contribution in [0.15, 0.2) is 42.5 Å². The fraction of sp³-hybridized carbons (Fsp3) is 0.235. The molecule has 0 heterocycles. The van der Waals surface area contributed by atoms with Crippen LogP contribution in [0.1, 0.15) is 17.5 Å². The van der Waals surface area contributed by atoms with E-state index < -0.39 is 11.6 Å². The molecule has 0 spiro atoms. The summed E-state index contributed by atoms with van der Waals surface area (Å²) in [4.78, 5) is 12.0. The van der Waals surface area contributed by atoms with E-state index in [1.165, 1.54) is 0 Å². The van der Waals surface area contributed by atoms with Crippen LogP contribution in [0.4, 0.5) is 10.5 Å². The zero-order valence-corrected chi connectivity index (χ0v) is 13.8. The third-order valence-electron chi connectivity index (χ3n) is 4.05. The monoisotopic (exact) mass is 350 g/mol. The zero-order valence-electron chi connectivity index (χ0n) is 12.3. The first-order valence-electron chi connectivity index (χ1n) is 7.29. The predicted molar refractivity (Wildman–Crippen MR) is 92.1 cm³/mol. The van der Waals surface area contributed by atoms with E-state index in [2.05, 4.69) is 10.6 Å². The van der Waals surface area contributed by atoms with Gasteiger partial charge in [-0.3, -0.25) is 0 Å². The van der Waals surface area contributed by atoms with E-state index in [1.807, 2.05) is 24.3 Å². The number of amides is 2. The minimum Gasteiger partial charge on any atom is -0.383 e.